The Bertz CT molecular complexity index is 282. The van der Waals surface area contributed by atoms with Crippen molar-refractivity contribution in [1.29, 1.82) is 0 Å². The number of Topliss-reactive ketones (excluding diaryl/α,β-unsaturated/α-hetero) is 1. The van der Waals surface area contributed by atoms with Crippen LogP contribution in [0, 0.1) is 0 Å². The van der Waals surface area contributed by atoms with E-state index in [0.717, 1.165) is 6.08 Å². The first-order valence-electron chi connectivity index (χ1n) is 5.88. The lowest BCUT2D eigenvalue weighted by atomic mass is 10.1. The lowest BCUT2D eigenvalue weighted by Crippen LogP contribution is -2.44. The van der Waals surface area contributed by atoms with E-state index >= 15 is 0 Å². The molecule has 0 fully saturated rings. The summed E-state index contributed by atoms with van der Waals surface area (Å²) in [5.41, 5.74) is -0.0567. The zero-order valence-electron chi connectivity index (χ0n) is 11.1. The second-order valence-corrected chi connectivity index (χ2v) is 7.57. The van der Waals surface area contributed by atoms with Crippen molar-refractivity contribution in [3.05, 3.63) is 12.7 Å². The van der Waals surface area contributed by atoms with Gasteiger partial charge in [0.1, 0.15) is 0 Å². The number of hydrogen-bond donors (Lipinski definition) is 0. The van der Waals surface area contributed by atoms with E-state index in [2.05, 4.69) is 6.58 Å². The van der Waals surface area contributed by atoms with Crippen LogP contribution in [0.1, 0.15) is 27.2 Å². The molecule has 0 aromatic heterocycles. The molecule has 5 heteroatoms. The molecule has 98 valence electrons. The summed E-state index contributed by atoms with van der Waals surface area (Å²) in [6.07, 6.45) is 1.21. The van der Waals surface area contributed by atoms with Gasteiger partial charge < -0.3 is 8.85 Å². The predicted octanol–water partition coefficient (Wildman–Crippen LogP) is 2.24. The van der Waals surface area contributed by atoms with Gasteiger partial charge in [0.25, 0.3) is 0 Å². The van der Waals surface area contributed by atoms with E-state index < -0.39 is 20.1 Å². The average molecular weight is 258 g/mol. The number of ketones is 2. The minimum Gasteiger partial charge on any atom is -0.394 e. The zero-order valence-corrected chi connectivity index (χ0v) is 12.1. The maximum Gasteiger partial charge on any atom is 0.338 e. The van der Waals surface area contributed by atoms with Crippen LogP contribution in [0.25, 0.3) is 0 Å². The number of hydrogen-bond acceptors (Lipinski definition) is 4. The second-order valence-electron chi connectivity index (χ2n) is 3.98. The Morgan fingerprint density at radius 2 is 1.76 bits per heavy atom. The van der Waals surface area contributed by atoms with Crippen LogP contribution in [0.2, 0.25) is 12.1 Å². The van der Waals surface area contributed by atoms with Crippen molar-refractivity contribution in [2.75, 3.05) is 13.2 Å². The molecule has 0 heterocycles. The average Bonchev–Trinajstić information content (AvgIpc) is 2.28. The first-order valence-corrected chi connectivity index (χ1v) is 8.28. The summed E-state index contributed by atoms with van der Waals surface area (Å²) in [4.78, 5) is 22.7. The van der Waals surface area contributed by atoms with Gasteiger partial charge in [-0.3, -0.25) is 9.59 Å². The summed E-state index contributed by atoms with van der Waals surface area (Å²) >= 11 is 0. The number of carbonyl (C=O) groups is 2. The molecule has 0 radical (unpaired) electrons. The maximum absolute atomic E-state index is 11.5. The van der Waals surface area contributed by atoms with Gasteiger partial charge in [0.2, 0.25) is 11.6 Å². The van der Waals surface area contributed by atoms with Gasteiger partial charge in [-0.1, -0.05) is 13.5 Å². The van der Waals surface area contributed by atoms with Crippen LogP contribution in [-0.4, -0.2) is 33.3 Å². The van der Waals surface area contributed by atoms with Crippen molar-refractivity contribution in [2.24, 2.45) is 0 Å². The molecule has 0 aromatic carbocycles. The minimum atomic E-state index is -2.38. The maximum atomic E-state index is 11.5. The van der Waals surface area contributed by atoms with Gasteiger partial charge in [-0.05, 0) is 26.5 Å². The smallest absolute Gasteiger partial charge is 0.338 e. The fourth-order valence-electron chi connectivity index (χ4n) is 1.58. The molecule has 0 spiro atoms. The SMILES string of the molecule is C=CC(=O)C(=O)CC(C)[Si](C)(OCC)OCC. The molecule has 0 rings (SSSR count). The monoisotopic (exact) mass is 258 g/mol. The molecule has 0 saturated carbocycles. The lowest BCUT2D eigenvalue weighted by molar-refractivity contribution is -0.133. The van der Waals surface area contributed by atoms with Gasteiger partial charge in [-0.15, -0.1) is 0 Å². The highest BCUT2D eigenvalue weighted by Crippen LogP contribution is 2.27. The highest BCUT2D eigenvalue weighted by atomic mass is 28.4. The van der Waals surface area contributed by atoms with E-state index in [1.165, 1.54) is 0 Å². The summed E-state index contributed by atoms with van der Waals surface area (Å²) in [6.45, 7) is 12.0. The van der Waals surface area contributed by atoms with Crippen molar-refractivity contribution >= 4 is 20.1 Å². The topological polar surface area (TPSA) is 52.6 Å². The minimum absolute atomic E-state index is 0.0567. The summed E-state index contributed by atoms with van der Waals surface area (Å²) in [7, 11) is -2.38. The quantitative estimate of drug-likeness (QED) is 0.361. The third-order valence-electron chi connectivity index (χ3n) is 2.71. The van der Waals surface area contributed by atoms with E-state index in [1.54, 1.807) is 0 Å². The number of carbonyl (C=O) groups excluding carboxylic acids is 2. The third kappa shape index (κ3) is 4.93. The van der Waals surface area contributed by atoms with Gasteiger partial charge in [-0.25, -0.2) is 0 Å². The van der Waals surface area contributed by atoms with E-state index in [9.17, 15) is 9.59 Å². The fraction of sp³-hybridized carbons (Fsp3) is 0.667. The van der Waals surface area contributed by atoms with Gasteiger partial charge in [0.05, 0.1) is 0 Å². The van der Waals surface area contributed by atoms with Crippen LogP contribution in [-0.2, 0) is 18.4 Å². The largest absolute Gasteiger partial charge is 0.394 e. The van der Waals surface area contributed by atoms with Crippen LogP contribution < -0.4 is 0 Å². The summed E-state index contributed by atoms with van der Waals surface area (Å²) in [5.74, 6) is -0.966. The van der Waals surface area contributed by atoms with Crippen molar-refractivity contribution in [3.63, 3.8) is 0 Å². The van der Waals surface area contributed by atoms with E-state index in [0.29, 0.717) is 13.2 Å². The highest BCUT2D eigenvalue weighted by Gasteiger charge is 2.39. The van der Waals surface area contributed by atoms with Gasteiger partial charge in [0.15, 0.2) is 0 Å². The molecule has 1 atom stereocenters. The molecule has 0 N–H and O–H groups in total. The molecule has 1 unspecified atom stereocenters. The molecule has 0 aliphatic rings. The van der Waals surface area contributed by atoms with Crippen LogP contribution in [0.5, 0.6) is 0 Å². The molecular formula is C12H22O4Si. The van der Waals surface area contributed by atoms with Crippen LogP contribution in [0.15, 0.2) is 12.7 Å². The van der Waals surface area contributed by atoms with E-state index in [1.807, 2.05) is 27.3 Å². The first kappa shape index (κ1) is 16.2. The predicted molar refractivity (Wildman–Crippen MR) is 69.1 cm³/mol. The summed E-state index contributed by atoms with van der Waals surface area (Å²) in [5, 5.41) is 0. The highest BCUT2D eigenvalue weighted by molar-refractivity contribution is 6.68. The van der Waals surface area contributed by atoms with E-state index in [4.69, 9.17) is 8.85 Å². The second kappa shape index (κ2) is 7.52. The lowest BCUT2D eigenvalue weighted by Gasteiger charge is -2.31. The van der Waals surface area contributed by atoms with Gasteiger partial charge in [0, 0.05) is 25.2 Å². The molecular weight excluding hydrogens is 236 g/mol. The number of rotatable bonds is 9. The molecule has 0 aromatic rings. The normalized spacial score (nSPS) is 13.2. The van der Waals surface area contributed by atoms with Crippen molar-refractivity contribution < 1.29 is 18.4 Å². The van der Waals surface area contributed by atoms with Crippen LogP contribution >= 0.6 is 0 Å². The van der Waals surface area contributed by atoms with Crippen molar-refractivity contribution in [3.8, 4) is 0 Å². The van der Waals surface area contributed by atoms with Crippen molar-refractivity contribution in [1.82, 2.24) is 0 Å². The Morgan fingerprint density at radius 3 is 2.12 bits per heavy atom. The van der Waals surface area contributed by atoms with Gasteiger partial charge >= 0.3 is 8.56 Å². The molecule has 4 nitrogen and oxygen atoms in total. The Balaban J connectivity index is 4.62. The summed E-state index contributed by atoms with van der Waals surface area (Å²) < 4.78 is 11.3. The Labute approximate surface area is 104 Å². The standard InChI is InChI=1S/C12H22O4Si/c1-6-11(13)12(14)9-10(4)17(5,15-7-2)16-8-3/h6,10H,1,7-9H2,2-5H3. The van der Waals surface area contributed by atoms with Crippen LogP contribution in [0.3, 0.4) is 0 Å². The Hall–Kier alpha value is -0.783. The van der Waals surface area contributed by atoms with E-state index in [-0.39, 0.29) is 12.0 Å². The van der Waals surface area contributed by atoms with Gasteiger partial charge in [-0.2, -0.15) is 0 Å². The molecule has 17 heavy (non-hydrogen) atoms. The molecule has 0 bridgehead atoms. The fourth-order valence-corrected chi connectivity index (χ4v) is 3.93. The number of allylic oxidation sites excluding steroid dienone is 1. The third-order valence-corrected chi connectivity index (χ3v) is 6.43. The molecule has 0 aliphatic carbocycles. The summed E-state index contributed by atoms with van der Waals surface area (Å²) in [6, 6.07) is 0. The Morgan fingerprint density at radius 1 is 1.29 bits per heavy atom. The molecule has 0 aliphatic heterocycles. The van der Waals surface area contributed by atoms with Crippen LogP contribution in [0.4, 0.5) is 0 Å². The zero-order chi connectivity index (χ0) is 13.5. The first-order chi connectivity index (χ1) is 7.91. The molecule has 0 amide bonds. The Kier molecular flexibility index (Phi) is 7.18. The molecule has 0 saturated heterocycles. The van der Waals surface area contributed by atoms with Crippen molar-refractivity contribution in [2.45, 2.75) is 39.3 Å².